The van der Waals surface area contributed by atoms with Gasteiger partial charge in [0.05, 0.1) is 13.2 Å². The van der Waals surface area contributed by atoms with Gasteiger partial charge >= 0.3 is 23.9 Å². The van der Waals surface area contributed by atoms with Crippen LogP contribution in [-0.2, 0) is 28.7 Å². The van der Waals surface area contributed by atoms with Crippen molar-refractivity contribution in [3.05, 3.63) is 11.6 Å². The number of aliphatic hydroxyl groups is 4. The van der Waals surface area contributed by atoms with Crippen molar-refractivity contribution in [1.82, 2.24) is 0 Å². The van der Waals surface area contributed by atoms with E-state index >= 15 is 0 Å². The van der Waals surface area contributed by atoms with Gasteiger partial charge < -0.3 is 29.9 Å². The maximum absolute atomic E-state index is 12.3. The molecule has 0 aromatic heterocycles. The largest absolute Gasteiger partial charge is 0.393 e. The monoisotopic (exact) mass is 516 g/mol. The van der Waals surface area contributed by atoms with Crippen molar-refractivity contribution in [2.75, 3.05) is 13.2 Å². The van der Waals surface area contributed by atoms with Gasteiger partial charge in [-0.2, -0.15) is 0 Å². The maximum atomic E-state index is 12.3. The summed E-state index contributed by atoms with van der Waals surface area (Å²) in [6.07, 6.45) is 12.7. The minimum absolute atomic E-state index is 0.0468. The smallest absolute Gasteiger partial charge is 0.345 e. The third-order valence-electron chi connectivity index (χ3n) is 5.64. The van der Waals surface area contributed by atoms with E-state index in [2.05, 4.69) is 16.4 Å². The van der Waals surface area contributed by atoms with Crippen LogP contribution in [0, 0.1) is 0 Å². The van der Waals surface area contributed by atoms with Crippen molar-refractivity contribution in [1.29, 1.82) is 0 Å². The highest BCUT2D eigenvalue weighted by Gasteiger charge is 2.24. The molecule has 10 heteroatoms. The first kappa shape index (κ1) is 33.9. The van der Waals surface area contributed by atoms with Crippen molar-refractivity contribution >= 4 is 23.9 Å². The topological polar surface area (TPSA) is 168 Å². The Kier molecular flexibility index (Phi) is 20.8. The van der Waals surface area contributed by atoms with E-state index in [1.54, 1.807) is 0 Å². The molecule has 0 spiro atoms. The molecule has 0 aliphatic carbocycles. The highest BCUT2D eigenvalue weighted by molar-refractivity contribution is 6.03. The Morgan fingerprint density at radius 2 is 1.03 bits per heavy atom. The maximum Gasteiger partial charge on any atom is 0.345 e. The summed E-state index contributed by atoms with van der Waals surface area (Å²) in [4.78, 5) is 47.2. The van der Waals surface area contributed by atoms with E-state index in [0.717, 1.165) is 25.7 Å². The van der Waals surface area contributed by atoms with Crippen molar-refractivity contribution in [2.45, 2.75) is 115 Å². The predicted molar refractivity (Wildman–Crippen MR) is 131 cm³/mol. The van der Waals surface area contributed by atoms with Crippen molar-refractivity contribution in [3.63, 3.8) is 0 Å². The van der Waals surface area contributed by atoms with E-state index in [9.17, 15) is 29.4 Å². The predicted octanol–water partition coefficient (Wildman–Crippen LogP) is 2.63. The molecule has 0 saturated heterocycles. The van der Waals surface area contributed by atoms with Crippen LogP contribution in [0.4, 0.5) is 0 Å². The fraction of sp³-hybridized carbons (Fsp3) is 0.769. The molecule has 0 rings (SSSR count). The van der Waals surface area contributed by atoms with Crippen LogP contribution in [0.15, 0.2) is 11.6 Å². The van der Waals surface area contributed by atoms with Crippen molar-refractivity contribution < 1.29 is 49.1 Å². The lowest BCUT2D eigenvalue weighted by Gasteiger charge is -2.10. The zero-order valence-corrected chi connectivity index (χ0v) is 21.5. The Balaban J connectivity index is 4.44. The first-order valence-electron chi connectivity index (χ1n) is 13.1. The first-order chi connectivity index (χ1) is 17.3. The Labute approximate surface area is 213 Å². The average Bonchev–Trinajstić information content (AvgIpc) is 2.86. The summed E-state index contributed by atoms with van der Waals surface area (Å²) in [7, 11) is 0. The normalized spacial score (nSPS) is 13.2. The molecule has 0 bridgehead atoms. The standard InChI is InChI=1S/C26H44O10/c1-2-3-4-5-6-7-8-9-10-11-12-13-14-15-16-20(24(32)36-26(34)22(30)19-28)17-23(31)35-25(33)21(29)18-27/h17,21-22,27-30H,2-16,18-19H2,1H3/b20-17-. The Morgan fingerprint density at radius 3 is 1.44 bits per heavy atom. The quantitative estimate of drug-likeness (QED) is 0.0770. The molecule has 0 aromatic rings. The van der Waals surface area contributed by atoms with Gasteiger partial charge in [-0.15, -0.1) is 0 Å². The second kappa shape index (κ2) is 22.1. The van der Waals surface area contributed by atoms with Crippen molar-refractivity contribution in [2.24, 2.45) is 0 Å². The molecule has 0 heterocycles. The summed E-state index contributed by atoms with van der Waals surface area (Å²) < 4.78 is 8.81. The van der Waals surface area contributed by atoms with Crippen LogP contribution in [0.3, 0.4) is 0 Å². The van der Waals surface area contributed by atoms with E-state index in [1.807, 2.05) is 0 Å². The lowest BCUT2D eigenvalue weighted by Crippen LogP contribution is -2.30. The number of carbonyl (C=O) groups is 4. The van der Waals surface area contributed by atoms with Gasteiger partial charge in [0.2, 0.25) is 0 Å². The Bertz CT molecular complexity index is 674. The van der Waals surface area contributed by atoms with Crippen LogP contribution in [-0.4, -0.2) is 69.7 Å². The second-order valence-corrected chi connectivity index (χ2v) is 8.86. The van der Waals surface area contributed by atoms with Gasteiger partial charge in [-0.1, -0.05) is 90.4 Å². The van der Waals surface area contributed by atoms with E-state index in [4.69, 9.17) is 10.2 Å². The summed E-state index contributed by atoms with van der Waals surface area (Å²) in [6, 6.07) is 0. The summed E-state index contributed by atoms with van der Waals surface area (Å²) in [5, 5.41) is 36.0. The zero-order chi connectivity index (χ0) is 27.2. The lowest BCUT2D eigenvalue weighted by atomic mass is 10.0. The SMILES string of the molecule is CCCCCCCCCCCCCCCC/C(=C/C(=O)OC(=O)C(O)CO)C(=O)OC(=O)C(O)CO. The van der Waals surface area contributed by atoms with Gasteiger partial charge in [0.25, 0.3) is 0 Å². The molecule has 0 radical (unpaired) electrons. The van der Waals surface area contributed by atoms with Crippen LogP contribution in [0.5, 0.6) is 0 Å². The van der Waals surface area contributed by atoms with Gasteiger partial charge in [-0.05, 0) is 12.8 Å². The fourth-order valence-electron chi connectivity index (χ4n) is 3.46. The molecule has 4 N–H and O–H groups in total. The van der Waals surface area contributed by atoms with E-state index in [0.29, 0.717) is 12.5 Å². The van der Waals surface area contributed by atoms with Gasteiger partial charge in [0, 0.05) is 11.6 Å². The third-order valence-corrected chi connectivity index (χ3v) is 5.64. The number of carbonyl (C=O) groups excluding carboxylic acids is 4. The van der Waals surface area contributed by atoms with Crippen LogP contribution < -0.4 is 0 Å². The van der Waals surface area contributed by atoms with E-state index in [-0.39, 0.29) is 12.0 Å². The molecule has 0 aromatic carbocycles. The molecule has 2 unspecified atom stereocenters. The fourth-order valence-corrected chi connectivity index (χ4v) is 3.46. The van der Waals surface area contributed by atoms with Crippen molar-refractivity contribution in [3.8, 4) is 0 Å². The second-order valence-electron chi connectivity index (χ2n) is 8.86. The number of aliphatic hydroxyl groups excluding tert-OH is 4. The summed E-state index contributed by atoms with van der Waals surface area (Å²) >= 11 is 0. The molecule has 0 saturated carbocycles. The Morgan fingerprint density at radius 1 is 0.639 bits per heavy atom. The molecule has 208 valence electrons. The number of rotatable bonds is 21. The van der Waals surface area contributed by atoms with Gasteiger partial charge in [-0.3, -0.25) is 0 Å². The van der Waals surface area contributed by atoms with Gasteiger partial charge in [-0.25, -0.2) is 19.2 Å². The molecular weight excluding hydrogens is 472 g/mol. The first-order valence-corrected chi connectivity index (χ1v) is 13.1. The molecule has 0 aliphatic rings. The summed E-state index contributed by atoms with van der Waals surface area (Å²) in [6.45, 7) is 0.324. The molecular formula is C26H44O10. The van der Waals surface area contributed by atoms with E-state index < -0.39 is 49.3 Å². The number of unbranched alkanes of at least 4 members (excludes halogenated alkanes) is 13. The molecule has 0 aliphatic heterocycles. The van der Waals surface area contributed by atoms with Crippen LogP contribution in [0.1, 0.15) is 103 Å². The van der Waals surface area contributed by atoms with Crippen LogP contribution >= 0.6 is 0 Å². The van der Waals surface area contributed by atoms with Gasteiger partial charge in [0.1, 0.15) is 0 Å². The molecule has 0 fully saturated rings. The number of esters is 4. The van der Waals surface area contributed by atoms with Gasteiger partial charge in [0.15, 0.2) is 12.2 Å². The third kappa shape index (κ3) is 17.3. The minimum Gasteiger partial charge on any atom is -0.393 e. The summed E-state index contributed by atoms with van der Waals surface area (Å²) in [5.41, 5.74) is -0.260. The highest BCUT2D eigenvalue weighted by Crippen LogP contribution is 2.16. The molecule has 0 amide bonds. The highest BCUT2D eigenvalue weighted by atomic mass is 16.6. The van der Waals surface area contributed by atoms with Crippen LogP contribution in [0.2, 0.25) is 0 Å². The van der Waals surface area contributed by atoms with E-state index in [1.165, 1.54) is 57.8 Å². The number of hydrogen-bond acceptors (Lipinski definition) is 10. The zero-order valence-electron chi connectivity index (χ0n) is 21.5. The number of hydrogen-bond donors (Lipinski definition) is 4. The molecule has 10 nitrogen and oxygen atoms in total. The summed E-state index contributed by atoms with van der Waals surface area (Å²) in [5.74, 6) is -5.27. The molecule has 36 heavy (non-hydrogen) atoms. The lowest BCUT2D eigenvalue weighted by molar-refractivity contribution is -0.167. The average molecular weight is 517 g/mol. The molecule has 2 atom stereocenters. The minimum atomic E-state index is -1.91. The van der Waals surface area contributed by atoms with Crippen LogP contribution in [0.25, 0.3) is 0 Å². The Hall–Kier alpha value is -2.14. The number of ether oxygens (including phenoxy) is 2.